The van der Waals surface area contributed by atoms with Crippen LogP contribution in [0.5, 0.6) is 0 Å². The van der Waals surface area contributed by atoms with Crippen LogP contribution in [0.3, 0.4) is 0 Å². The summed E-state index contributed by atoms with van der Waals surface area (Å²) < 4.78 is 0. The number of rotatable bonds is 3. The quantitative estimate of drug-likeness (QED) is 0.507. The van der Waals surface area contributed by atoms with Gasteiger partial charge in [-0.15, -0.1) is 0 Å². The van der Waals surface area contributed by atoms with Gasteiger partial charge in [-0.3, -0.25) is 10.9 Å². The molecule has 120 valence electrons. The summed E-state index contributed by atoms with van der Waals surface area (Å²) in [6, 6.07) is 16.2. The summed E-state index contributed by atoms with van der Waals surface area (Å²) in [4.78, 5) is 0. The molecule has 23 heavy (non-hydrogen) atoms. The SMILES string of the molecule is Cc1cccc(C)c1NC(=S)NNC(=S)NCc1ccccc1. The van der Waals surface area contributed by atoms with Gasteiger partial charge in [0, 0.05) is 12.2 Å². The van der Waals surface area contributed by atoms with E-state index in [0.29, 0.717) is 16.8 Å². The van der Waals surface area contributed by atoms with Gasteiger partial charge >= 0.3 is 0 Å². The third-order valence-electron chi connectivity index (χ3n) is 3.31. The summed E-state index contributed by atoms with van der Waals surface area (Å²) >= 11 is 10.5. The monoisotopic (exact) mass is 344 g/mol. The number of benzene rings is 2. The second kappa shape index (κ2) is 8.45. The second-order valence-corrected chi connectivity index (χ2v) is 5.96. The number of hydrogen-bond acceptors (Lipinski definition) is 2. The van der Waals surface area contributed by atoms with E-state index in [1.54, 1.807) is 0 Å². The molecule has 0 fully saturated rings. The summed E-state index contributed by atoms with van der Waals surface area (Å²) in [5, 5.41) is 7.24. The van der Waals surface area contributed by atoms with Crippen LogP contribution in [0.2, 0.25) is 0 Å². The van der Waals surface area contributed by atoms with E-state index < -0.39 is 0 Å². The van der Waals surface area contributed by atoms with Crippen LogP contribution < -0.4 is 21.5 Å². The van der Waals surface area contributed by atoms with Crippen LogP contribution in [0.4, 0.5) is 5.69 Å². The predicted octanol–water partition coefficient (Wildman–Crippen LogP) is 3.17. The molecule has 0 atom stereocenters. The lowest BCUT2D eigenvalue weighted by Gasteiger charge is -2.16. The number of aryl methyl sites for hydroxylation is 2. The molecule has 0 radical (unpaired) electrons. The van der Waals surface area contributed by atoms with Gasteiger partial charge in [0.1, 0.15) is 0 Å². The Morgan fingerprint density at radius 2 is 1.43 bits per heavy atom. The lowest BCUT2D eigenvalue weighted by Crippen LogP contribution is -2.48. The van der Waals surface area contributed by atoms with Crippen LogP contribution >= 0.6 is 24.4 Å². The number of hydrazine groups is 1. The van der Waals surface area contributed by atoms with Crippen molar-refractivity contribution in [2.24, 2.45) is 0 Å². The van der Waals surface area contributed by atoms with E-state index >= 15 is 0 Å². The van der Waals surface area contributed by atoms with E-state index in [4.69, 9.17) is 24.4 Å². The van der Waals surface area contributed by atoms with Crippen molar-refractivity contribution in [3.63, 3.8) is 0 Å². The van der Waals surface area contributed by atoms with Crippen molar-refractivity contribution in [1.29, 1.82) is 0 Å². The molecular weight excluding hydrogens is 324 g/mol. The lowest BCUT2D eigenvalue weighted by molar-refractivity contribution is 0.808. The molecule has 0 bridgehead atoms. The van der Waals surface area contributed by atoms with Crippen LogP contribution in [-0.4, -0.2) is 10.2 Å². The first-order valence-corrected chi connectivity index (χ1v) is 8.09. The zero-order valence-electron chi connectivity index (χ0n) is 13.1. The van der Waals surface area contributed by atoms with Crippen LogP contribution in [-0.2, 0) is 6.54 Å². The molecule has 0 saturated carbocycles. The minimum absolute atomic E-state index is 0.464. The minimum Gasteiger partial charge on any atom is -0.357 e. The molecule has 2 aromatic rings. The number of para-hydroxylation sites is 1. The Hall–Kier alpha value is -2.18. The van der Waals surface area contributed by atoms with Crippen molar-refractivity contribution in [1.82, 2.24) is 16.2 Å². The van der Waals surface area contributed by atoms with Gasteiger partial charge in [0.05, 0.1) is 0 Å². The standard InChI is InChI=1S/C17H20N4S2/c1-12-7-6-8-13(2)15(12)19-17(23)21-20-16(22)18-11-14-9-4-3-5-10-14/h3-10H,11H2,1-2H3,(H2,18,20,22)(H2,19,21,23). The lowest BCUT2D eigenvalue weighted by atomic mass is 10.1. The fourth-order valence-electron chi connectivity index (χ4n) is 2.09. The maximum Gasteiger partial charge on any atom is 0.189 e. The number of nitrogens with one attached hydrogen (secondary N) is 4. The van der Waals surface area contributed by atoms with Gasteiger partial charge in [0.2, 0.25) is 0 Å². The molecule has 0 unspecified atom stereocenters. The largest absolute Gasteiger partial charge is 0.357 e. The Kier molecular flexibility index (Phi) is 6.31. The molecule has 0 saturated heterocycles. The molecule has 0 aromatic heterocycles. The van der Waals surface area contributed by atoms with Crippen molar-refractivity contribution >= 4 is 40.3 Å². The van der Waals surface area contributed by atoms with E-state index in [-0.39, 0.29) is 0 Å². The highest BCUT2D eigenvalue weighted by Crippen LogP contribution is 2.18. The molecule has 2 rings (SSSR count). The fourth-order valence-corrected chi connectivity index (χ4v) is 2.37. The van der Waals surface area contributed by atoms with Gasteiger partial charge < -0.3 is 10.6 Å². The highest BCUT2D eigenvalue weighted by atomic mass is 32.1. The Labute approximate surface area is 147 Å². The number of anilines is 1. The maximum atomic E-state index is 5.28. The van der Waals surface area contributed by atoms with Gasteiger partial charge in [0.25, 0.3) is 0 Å². The summed E-state index contributed by atoms with van der Waals surface area (Å²) in [7, 11) is 0. The molecule has 0 heterocycles. The molecule has 0 amide bonds. The molecule has 0 aliphatic rings. The molecule has 0 spiro atoms. The van der Waals surface area contributed by atoms with Crippen LogP contribution in [0.1, 0.15) is 16.7 Å². The summed E-state index contributed by atoms with van der Waals surface area (Å²) in [6.45, 7) is 4.74. The van der Waals surface area contributed by atoms with Crippen molar-refractivity contribution in [2.75, 3.05) is 5.32 Å². The Bertz CT molecular complexity index is 666. The van der Waals surface area contributed by atoms with Crippen molar-refractivity contribution in [2.45, 2.75) is 20.4 Å². The van der Waals surface area contributed by atoms with E-state index in [1.165, 1.54) is 0 Å². The van der Waals surface area contributed by atoms with Crippen molar-refractivity contribution in [3.05, 3.63) is 65.2 Å². The number of hydrogen-bond donors (Lipinski definition) is 4. The predicted molar refractivity (Wildman–Crippen MR) is 104 cm³/mol. The molecule has 6 heteroatoms. The molecule has 4 nitrogen and oxygen atoms in total. The van der Waals surface area contributed by atoms with Crippen molar-refractivity contribution < 1.29 is 0 Å². The average Bonchev–Trinajstić information content (AvgIpc) is 2.55. The molecule has 4 N–H and O–H groups in total. The zero-order chi connectivity index (χ0) is 16.7. The zero-order valence-corrected chi connectivity index (χ0v) is 14.8. The van der Waals surface area contributed by atoms with Crippen molar-refractivity contribution in [3.8, 4) is 0 Å². The first-order chi connectivity index (χ1) is 11.1. The summed E-state index contributed by atoms with van der Waals surface area (Å²) in [5.74, 6) is 0. The smallest absolute Gasteiger partial charge is 0.189 e. The Morgan fingerprint density at radius 3 is 2.09 bits per heavy atom. The third-order valence-corrected chi connectivity index (χ3v) is 3.76. The molecule has 0 aliphatic carbocycles. The normalized spacial score (nSPS) is 9.83. The highest BCUT2D eigenvalue weighted by Gasteiger charge is 2.04. The Morgan fingerprint density at radius 1 is 0.826 bits per heavy atom. The van der Waals surface area contributed by atoms with E-state index in [2.05, 4.69) is 21.5 Å². The van der Waals surface area contributed by atoms with E-state index in [0.717, 1.165) is 22.4 Å². The molecule has 2 aromatic carbocycles. The first kappa shape index (κ1) is 17.2. The highest BCUT2D eigenvalue weighted by molar-refractivity contribution is 7.80. The fraction of sp³-hybridized carbons (Fsp3) is 0.176. The van der Waals surface area contributed by atoms with E-state index in [1.807, 2.05) is 62.4 Å². The van der Waals surface area contributed by atoms with Crippen LogP contribution in [0, 0.1) is 13.8 Å². The van der Waals surface area contributed by atoms with Gasteiger partial charge in [0.15, 0.2) is 10.2 Å². The molecule has 0 aliphatic heterocycles. The van der Waals surface area contributed by atoms with Crippen LogP contribution in [0.25, 0.3) is 0 Å². The third kappa shape index (κ3) is 5.50. The van der Waals surface area contributed by atoms with Gasteiger partial charge in [-0.25, -0.2) is 0 Å². The average molecular weight is 345 g/mol. The topological polar surface area (TPSA) is 48.1 Å². The van der Waals surface area contributed by atoms with E-state index in [9.17, 15) is 0 Å². The number of thiocarbonyl (C=S) groups is 2. The maximum absolute atomic E-state index is 5.28. The van der Waals surface area contributed by atoms with Gasteiger partial charge in [-0.05, 0) is 55.0 Å². The van der Waals surface area contributed by atoms with Crippen LogP contribution in [0.15, 0.2) is 48.5 Å². The second-order valence-electron chi connectivity index (χ2n) is 5.14. The molecular formula is C17H20N4S2. The van der Waals surface area contributed by atoms with Gasteiger partial charge in [-0.2, -0.15) is 0 Å². The minimum atomic E-state index is 0.464. The first-order valence-electron chi connectivity index (χ1n) is 7.27. The summed E-state index contributed by atoms with van der Waals surface area (Å²) in [5.41, 5.74) is 10.2. The van der Waals surface area contributed by atoms with Gasteiger partial charge in [-0.1, -0.05) is 48.5 Å². The Balaban J connectivity index is 1.77. The summed E-state index contributed by atoms with van der Waals surface area (Å²) in [6.07, 6.45) is 0.